The molecule has 2 rings (SSSR count). The Balaban J connectivity index is 2.05. The lowest BCUT2D eigenvalue weighted by Gasteiger charge is -2.33. The second-order valence-corrected chi connectivity index (χ2v) is 6.76. The summed E-state index contributed by atoms with van der Waals surface area (Å²) >= 11 is 3.34. The van der Waals surface area contributed by atoms with Crippen molar-refractivity contribution in [2.45, 2.75) is 43.1 Å². The van der Waals surface area contributed by atoms with E-state index in [-0.39, 0.29) is 35.6 Å². The van der Waals surface area contributed by atoms with E-state index in [0.717, 1.165) is 12.1 Å². The van der Waals surface area contributed by atoms with Crippen molar-refractivity contribution in [3.8, 4) is 0 Å². The van der Waals surface area contributed by atoms with E-state index < -0.39 is 23.7 Å². The predicted octanol–water partition coefficient (Wildman–Crippen LogP) is 5.64. The average molecular weight is 371 g/mol. The van der Waals surface area contributed by atoms with E-state index in [2.05, 4.69) is 15.9 Å². The third kappa shape index (κ3) is 4.18. The third-order valence-electron chi connectivity index (χ3n) is 4.15. The van der Waals surface area contributed by atoms with Crippen molar-refractivity contribution in [3.63, 3.8) is 0 Å². The molecule has 1 aliphatic rings. The summed E-state index contributed by atoms with van der Waals surface area (Å²) in [6.07, 6.45) is -2.80. The summed E-state index contributed by atoms with van der Waals surface area (Å²) in [6.45, 7) is 0. The second kappa shape index (κ2) is 6.63. The molecule has 3 atom stereocenters. The summed E-state index contributed by atoms with van der Waals surface area (Å²) in [4.78, 5) is -0.353. The smallest absolute Gasteiger partial charge is 0.207 e. The van der Waals surface area contributed by atoms with Crippen molar-refractivity contribution < 1.29 is 22.0 Å². The topological polar surface area (TPSA) is 0 Å². The molecule has 0 bridgehead atoms. The molecule has 0 heterocycles. The van der Waals surface area contributed by atoms with Crippen LogP contribution in [0.1, 0.15) is 31.2 Å². The molecule has 6 heteroatoms. The maximum atomic E-state index is 13.6. The van der Waals surface area contributed by atoms with E-state index in [4.69, 9.17) is 0 Å². The van der Waals surface area contributed by atoms with Gasteiger partial charge in [-0.25, -0.2) is 8.78 Å². The Hall–Kier alpha value is -0.650. The Morgan fingerprint density at radius 1 is 1.14 bits per heavy atom. The highest BCUT2D eigenvalue weighted by Gasteiger charge is 2.43. The van der Waals surface area contributed by atoms with Gasteiger partial charge in [-0.3, -0.25) is 0 Å². The molecule has 1 aromatic carbocycles. The summed E-state index contributed by atoms with van der Waals surface area (Å²) < 4.78 is 65.6. The first-order valence-electron chi connectivity index (χ1n) is 6.92. The van der Waals surface area contributed by atoms with Crippen LogP contribution in [0.5, 0.6) is 0 Å². The lowest BCUT2D eigenvalue weighted by Crippen LogP contribution is -2.32. The minimum absolute atomic E-state index is 0.0233. The van der Waals surface area contributed by atoms with Crippen molar-refractivity contribution in [1.29, 1.82) is 0 Å². The normalized spacial score (nSPS) is 24.9. The molecule has 0 aromatic heterocycles. The van der Waals surface area contributed by atoms with Crippen molar-refractivity contribution in [2.24, 2.45) is 11.8 Å². The van der Waals surface area contributed by atoms with Gasteiger partial charge in [0.05, 0.1) is 5.92 Å². The van der Waals surface area contributed by atoms with E-state index in [1.165, 1.54) is 6.07 Å². The summed E-state index contributed by atoms with van der Waals surface area (Å²) in [7, 11) is 0. The van der Waals surface area contributed by atoms with Crippen LogP contribution in [0.15, 0.2) is 18.2 Å². The Morgan fingerprint density at radius 3 is 2.33 bits per heavy atom. The molecule has 0 spiro atoms. The molecule has 0 amide bonds. The fourth-order valence-electron chi connectivity index (χ4n) is 2.94. The van der Waals surface area contributed by atoms with Crippen LogP contribution < -0.4 is 0 Å². The third-order valence-corrected chi connectivity index (χ3v) is 5.22. The lowest BCUT2D eigenvalue weighted by molar-refractivity contribution is -0.185. The number of benzene rings is 1. The van der Waals surface area contributed by atoms with Crippen LogP contribution in [0.3, 0.4) is 0 Å². The molecule has 0 saturated heterocycles. The predicted molar refractivity (Wildman–Crippen MR) is 74.3 cm³/mol. The van der Waals surface area contributed by atoms with Gasteiger partial charge < -0.3 is 0 Å². The van der Waals surface area contributed by atoms with E-state index in [9.17, 15) is 22.0 Å². The minimum Gasteiger partial charge on any atom is -0.207 e. The van der Waals surface area contributed by atoms with Crippen LogP contribution in [0, 0.1) is 23.5 Å². The van der Waals surface area contributed by atoms with Gasteiger partial charge in [-0.2, -0.15) is 13.2 Å². The van der Waals surface area contributed by atoms with Crippen LogP contribution >= 0.6 is 15.9 Å². The molecule has 1 aliphatic carbocycles. The number of halogens is 6. The summed E-state index contributed by atoms with van der Waals surface area (Å²) in [5.41, 5.74) is -0.0616. The Morgan fingerprint density at radius 2 is 1.76 bits per heavy atom. The van der Waals surface area contributed by atoms with E-state index in [1.807, 2.05) is 0 Å². The van der Waals surface area contributed by atoms with E-state index in [1.54, 1.807) is 0 Å². The summed E-state index contributed by atoms with van der Waals surface area (Å²) in [5.74, 6) is -2.82. The van der Waals surface area contributed by atoms with Crippen molar-refractivity contribution in [1.82, 2.24) is 0 Å². The van der Waals surface area contributed by atoms with Gasteiger partial charge in [0, 0.05) is 10.4 Å². The molecular weight excluding hydrogens is 355 g/mol. The van der Waals surface area contributed by atoms with Gasteiger partial charge >= 0.3 is 6.18 Å². The van der Waals surface area contributed by atoms with Gasteiger partial charge in [-0.15, -0.1) is 0 Å². The van der Waals surface area contributed by atoms with Gasteiger partial charge in [0.25, 0.3) is 0 Å². The van der Waals surface area contributed by atoms with Crippen molar-refractivity contribution in [3.05, 3.63) is 35.4 Å². The van der Waals surface area contributed by atoms with Crippen LogP contribution in [-0.2, 0) is 6.42 Å². The summed E-state index contributed by atoms with van der Waals surface area (Å²) in [6, 6.07) is 3.60. The van der Waals surface area contributed by atoms with Gasteiger partial charge in [0.15, 0.2) is 0 Å². The maximum Gasteiger partial charge on any atom is 0.391 e. The Labute approximate surface area is 128 Å². The zero-order chi connectivity index (χ0) is 15.6. The largest absolute Gasteiger partial charge is 0.391 e. The molecule has 118 valence electrons. The lowest BCUT2D eigenvalue weighted by atomic mass is 9.78. The molecular formula is C15H16BrF5. The van der Waals surface area contributed by atoms with Crippen LogP contribution in [0.25, 0.3) is 0 Å². The Kier molecular flexibility index (Phi) is 5.28. The first-order chi connectivity index (χ1) is 9.79. The number of hydrogen-bond donors (Lipinski definition) is 0. The van der Waals surface area contributed by atoms with E-state index >= 15 is 0 Å². The van der Waals surface area contributed by atoms with Crippen molar-refractivity contribution in [2.75, 3.05) is 0 Å². The second-order valence-electron chi connectivity index (χ2n) is 5.59. The molecule has 1 fully saturated rings. The average Bonchev–Trinajstić information content (AvgIpc) is 2.42. The van der Waals surface area contributed by atoms with Crippen LogP contribution in [0.2, 0.25) is 0 Å². The molecule has 0 nitrogen and oxygen atoms in total. The fraction of sp³-hybridized carbons (Fsp3) is 0.600. The zero-order valence-corrected chi connectivity index (χ0v) is 12.9. The highest BCUT2D eigenvalue weighted by molar-refractivity contribution is 9.09. The van der Waals surface area contributed by atoms with Gasteiger partial charge in [0.1, 0.15) is 11.6 Å². The highest BCUT2D eigenvalue weighted by Crippen LogP contribution is 2.42. The maximum absolute atomic E-state index is 13.6. The quantitative estimate of drug-likeness (QED) is 0.477. The number of hydrogen-bond acceptors (Lipinski definition) is 0. The van der Waals surface area contributed by atoms with Gasteiger partial charge in [-0.1, -0.05) is 28.4 Å². The molecule has 0 aliphatic heterocycles. The standard InChI is InChI=1S/C15H16BrF5/c16-12(8-11-13(17)5-2-6-14(11)18)9-3-1-4-10(7-9)15(19,20)21/h2,5-6,9-10,12H,1,3-4,7-8H2. The molecule has 21 heavy (non-hydrogen) atoms. The summed E-state index contributed by atoms with van der Waals surface area (Å²) in [5, 5.41) is 0. The minimum atomic E-state index is -4.19. The van der Waals surface area contributed by atoms with Crippen molar-refractivity contribution >= 4 is 15.9 Å². The fourth-order valence-corrected chi connectivity index (χ4v) is 3.75. The monoisotopic (exact) mass is 370 g/mol. The van der Waals surface area contributed by atoms with Gasteiger partial charge in [0.2, 0.25) is 0 Å². The SMILES string of the molecule is Fc1cccc(F)c1CC(Br)C1CCCC(C(F)(F)F)C1. The number of alkyl halides is 4. The molecule has 0 radical (unpaired) electrons. The first-order valence-corrected chi connectivity index (χ1v) is 7.84. The van der Waals surface area contributed by atoms with Crippen LogP contribution in [0.4, 0.5) is 22.0 Å². The molecule has 1 saturated carbocycles. The zero-order valence-electron chi connectivity index (χ0n) is 11.3. The van der Waals surface area contributed by atoms with Crippen LogP contribution in [-0.4, -0.2) is 11.0 Å². The molecule has 0 N–H and O–H groups in total. The highest BCUT2D eigenvalue weighted by atomic mass is 79.9. The molecule has 1 aromatic rings. The molecule has 3 unspecified atom stereocenters. The first kappa shape index (κ1) is 16.7. The van der Waals surface area contributed by atoms with E-state index in [0.29, 0.717) is 12.8 Å². The van der Waals surface area contributed by atoms with Gasteiger partial charge in [-0.05, 0) is 43.7 Å². The number of rotatable bonds is 3. The Bertz CT molecular complexity index is 465.